The highest BCUT2D eigenvalue weighted by atomic mass is 79.9. The second kappa shape index (κ2) is 8.12. The van der Waals surface area contributed by atoms with Crippen molar-refractivity contribution in [2.24, 2.45) is 0 Å². The zero-order valence-corrected chi connectivity index (χ0v) is 15.9. The maximum Gasteiger partial charge on any atom is 0.150 e. The molecule has 0 aromatic carbocycles. The lowest BCUT2D eigenvalue weighted by molar-refractivity contribution is 0.506. The first-order valence-electron chi connectivity index (χ1n) is 6.28. The van der Waals surface area contributed by atoms with E-state index in [0.717, 1.165) is 20.5 Å². The minimum atomic E-state index is -2.86. The fraction of sp³-hybridized carbons (Fsp3) is 0.667. The van der Waals surface area contributed by atoms with Gasteiger partial charge >= 0.3 is 0 Å². The zero-order chi connectivity index (χ0) is 14.5. The highest BCUT2D eigenvalue weighted by Crippen LogP contribution is 2.36. The molecule has 0 aliphatic heterocycles. The van der Waals surface area contributed by atoms with Crippen LogP contribution in [0, 0.1) is 0 Å². The Morgan fingerprint density at radius 2 is 2.05 bits per heavy atom. The van der Waals surface area contributed by atoms with Crippen molar-refractivity contribution >= 4 is 53.0 Å². The standard InChI is InChI=1S/C12H19Br2NO2S2/c1-3-15-10(6-5-7-19(16,17)4-2)9-8-11(13)18-12(9)14/h8,10,15H,3-7H2,1-2H3. The number of halogens is 2. The summed E-state index contributed by atoms with van der Waals surface area (Å²) in [6, 6.07) is 2.30. The smallest absolute Gasteiger partial charge is 0.150 e. The molecule has 1 aromatic heterocycles. The van der Waals surface area contributed by atoms with Gasteiger partial charge in [-0.1, -0.05) is 13.8 Å². The first-order valence-corrected chi connectivity index (χ1v) is 10.5. The fourth-order valence-electron chi connectivity index (χ4n) is 1.86. The molecule has 19 heavy (non-hydrogen) atoms. The van der Waals surface area contributed by atoms with Crippen LogP contribution in [0.2, 0.25) is 0 Å². The molecule has 0 aliphatic rings. The van der Waals surface area contributed by atoms with Gasteiger partial charge in [-0.3, -0.25) is 0 Å². The van der Waals surface area contributed by atoms with Crippen molar-refractivity contribution in [2.75, 3.05) is 18.1 Å². The molecule has 1 aromatic rings. The van der Waals surface area contributed by atoms with Gasteiger partial charge in [-0.05, 0) is 62.9 Å². The number of rotatable bonds is 8. The summed E-state index contributed by atoms with van der Waals surface area (Å²) in [5.41, 5.74) is 1.20. The summed E-state index contributed by atoms with van der Waals surface area (Å²) in [7, 11) is -2.86. The fourth-order valence-corrected chi connectivity index (χ4v) is 5.73. The lowest BCUT2D eigenvalue weighted by Crippen LogP contribution is -2.21. The van der Waals surface area contributed by atoms with Gasteiger partial charge in [0.15, 0.2) is 0 Å². The van der Waals surface area contributed by atoms with E-state index in [-0.39, 0.29) is 17.5 Å². The summed E-state index contributed by atoms with van der Waals surface area (Å²) in [5, 5.41) is 3.42. The van der Waals surface area contributed by atoms with Crippen LogP contribution in [0.5, 0.6) is 0 Å². The van der Waals surface area contributed by atoms with E-state index >= 15 is 0 Å². The average molecular weight is 433 g/mol. The molecule has 0 aliphatic carbocycles. The Balaban J connectivity index is 2.66. The molecule has 7 heteroatoms. The molecule has 0 saturated heterocycles. The van der Waals surface area contributed by atoms with Crippen molar-refractivity contribution < 1.29 is 8.42 Å². The molecule has 1 rings (SSSR count). The number of hydrogen-bond donors (Lipinski definition) is 1. The Bertz CT molecular complexity index is 500. The normalized spacial score (nSPS) is 13.7. The first-order chi connectivity index (χ1) is 8.89. The van der Waals surface area contributed by atoms with Gasteiger partial charge in [0.2, 0.25) is 0 Å². The minimum Gasteiger partial charge on any atom is -0.310 e. The third kappa shape index (κ3) is 5.83. The predicted molar refractivity (Wildman–Crippen MR) is 89.7 cm³/mol. The monoisotopic (exact) mass is 431 g/mol. The molecule has 1 atom stereocenters. The maximum absolute atomic E-state index is 11.5. The lowest BCUT2D eigenvalue weighted by atomic mass is 10.1. The van der Waals surface area contributed by atoms with E-state index in [4.69, 9.17) is 0 Å². The van der Waals surface area contributed by atoms with Crippen LogP contribution in [-0.4, -0.2) is 26.5 Å². The SMILES string of the molecule is CCNC(CCCS(=O)(=O)CC)c1cc(Br)sc1Br. The third-order valence-electron chi connectivity index (χ3n) is 2.90. The van der Waals surface area contributed by atoms with Crippen LogP contribution < -0.4 is 5.32 Å². The number of thiophene rings is 1. The van der Waals surface area contributed by atoms with Crippen LogP contribution >= 0.6 is 43.2 Å². The van der Waals surface area contributed by atoms with Crippen molar-refractivity contribution in [3.05, 3.63) is 19.2 Å². The topological polar surface area (TPSA) is 46.2 Å². The summed E-state index contributed by atoms with van der Waals surface area (Å²) in [5.74, 6) is 0.501. The van der Waals surface area contributed by atoms with Crippen molar-refractivity contribution in [1.82, 2.24) is 5.32 Å². The molecule has 0 fully saturated rings. The van der Waals surface area contributed by atoms with Crippen LogP contribution in [0.3, 0.4) is 0 Å². The Kier molecular flexibility index (Phi) is 7.53. The summed E-state index contributed by atoms with van der Waals surface area (Å²) in [4.78, 5) is 0. The summed E-state index contributed by atoms with van der Waals surface area (Å²) < 4.78 is 25.2. The predicted octanol–water partition coefficient (Wildman–Crippen LogP) is 4.14. The first kappa shape index (κ1) is 17.6. The minimum absolute atomic E-state index is 0.203. The van der Waals surface area contributed by atoms with Gasteiger partial charge in [-0.15, -0.1) is 11.3 Å². The summed E-state index contributed by atoms with van der Waals surface area (Å²) in [6.07, 6.45) is 1.52. The molecule has 3 nitrogen and oxygen atoms in total. The van der Waals surface area contributed by atoms with E-state index in [1.807, 2.05) is 0 Å². The largest absolute Gasteiger partial charge is 0.310 e. The second-order valence-corrected chi connectivity index (χ2v) is 10.5. The van der Waals surface area contributed by atoms with E-state index < -0.39 is 9.84 Å². The van der Waals surface area contributed by atoms with E-state index in [1.54, 1.807) is 18.3 Å². The maximum atomic E-state index is 11.5. The van der Waals surface area contributed by atoms with Gasteiger partial charge < -0.3 is 5.32 Å². The van der Waals surface area contributed by atoms with Crippen molar-refractivity contribution in [1.29, 1.82) is 0 Å². The number of hydrogen-bond acceptors (Lipinski definition) is 4. The molecular formula is C12H19Br2NO2S2. The molecule has 0 radical (unpaired) electrons. The Morgan fingerprint density at radius 1 is 1.37 bits per heavy atom. The highest BCUT2D eigenvalue weighted by molar-refractivity contribution is 9.12. The molecule has 1 N–H and O–H groups in total. The van der Waals surface area contributed by atoms with Gasteiger partial charge in [-0.25, -0.2) is 8.42 Å². The van der Waals surface area contributed by atoms with Gasteiger partial charge in [0, 0.05) is 11.8 Å². The van der Waals surface area contributed by atoms with Crippen LogP contribution in [0.15, 0.2) is 13.6 Å². The van der Waals surface area contributed by atoms with Crippen molar-refractivity contribution in [2.45, 2.75) is 32.7 Å². The van der Waals surface area contributed by atoms with E-state index in [0.29, 0.717) is 6.42 Å². The van der Waals surface area contributed by atoms with Crippen LogP contribution in [0.1, 0.15) is 38.3 Å². The van der Waals surface area contributed by atoms with Gasteiger partial charge in [-0.2, -0.15) is 0 Å². The van der Waals surface area contributed by atoms with Gasteiger partial charge in [0.1, 0.15) is 9.84 Å². The molecule has 0 saturated carbocycles. The van der Waals surface area contributed by atoms with Crippen molar-refractivity contribution in [3.8, 4) is 0 Å². The van der Waals surface area contributed by atoms with Gasteiger partial charge in [0.05, 0.1) is 13.3 Å². The highest BCUT2D eigenvalue weighted by Gasteiger charge is 2.17. The van der Waals surface area contributed by atoms with Crippen molar-refractivity contribution in [3.63, 3.8) is 0 Å². The Hall–Kier alpha value is 0.570. The van der Waals surface area contributed by atoms with E-state index in [1.165, 1.54) is 5.56 Å². The molecule has 0 spiro atoms. The van der Waals surface area contributed by atoms with Gasteiger partial charge in [0.25, 0.3) is 0 Å². The molecular weight excluding hydrogens is 414 g/mol. The molecule has 110 valence electrons. The molecule has 1 heterocycles. The lowest BCUT2D eigenvalue weighted by Gasteiger charge is -2.17. The molecule has 0 bridgehead atoms. The number of nitrogens with one attached hydrogen (secondary N) is 1. The second-order valence-electron chi connectivity index (χ2n) is 4.27. The zero-order valence-electron chi connectivity index (χ0n) is 11.1. The Morgan fingerprint density at radius 3 is 2.53 bits per heavy atom. The summed E-state index contributed by atoms with van der Waals surface area (Å²) in [6.45, 7) is 4.62. The average Bonchev–Trinajstić information content (AvgIpc) is 2.67. The third-order valence-corrected chi connectivity index (χ3v) is 7.07. The molecule has 0 amide bonds. The molecule has 1 unspecified atom stereocenters. The number of sulfone groups is 1. The van der Waals surface area contributed by atoms with Crippen LogP contribution in [-0.2, 0) is 9.84 Å². The van der Waals surface area contributed by atoms with Crippen LogP contribution in [0.4, 0.5) is 0 Å². The van der Waals surface area contributed by atoms with E-state index in [2.05, 4.69) is 50.2 Å². The Labute approximate surface area is 136 Å². The van der Waals surface area contributed by atoms with Crippen LogP contribution in [0.25, 0.3) is 0 Å². The quantitative estimate of drug-likeness (QED) is 0.671. The van der Waals surface area contributed by atoms with E-state index in [9.17, 15) is 8.42 Å². The summed E-state index contributed by atoms with van der Waals surface area (Å²) >= 11 is 8.68.